The monoisotopic (exact) mass is 352 g/mol. The lowest BCUT2D eigenvalue weighted by molar-refractivity contribution is -0.140. The highest BCUT2D eigenvalue weighted by atomic mass is 35.5. The van der Waals surface area contributed by atoms with Crippen LogP contribution in [0.3, 0.4) is 0 Å². The minimum absolute atomic E-state index is 0.155. The van der Waals surface area contributed by atoms with Gasteiger partial charge in [-0.15, -0.1) is 0 Å². The van der Waals surface area contributed by atoms with E-state index in [0.717, 1.165) is 0 Å². The number of hydrogen-bond donors (Lipinski definition) is 3. The Kier molecular flexibility index (Phi) is 4.90. The van der Waals surface area contributed by atoms with Crippen LogP contribution in [0.2, 0.25) is 5.02 Å². The van der Waals surface area contributed by atoms with Crippen molar-refractivity contribution in [2.24, 2.45) is 23.2 Å². The third kappa shape index (κ3) is 3.53. The second kappa shape index (κ2) is 6.43. The van der Waals surface area contributed by atoms with Crippen LogP contribution in [0.15, 0.2) is 18.2 Å². The number of nitrogens with one attached hydrogen (secondary N) is 2. The summed E-state index contributed by atoms with van der Waals surface area (Å²) in [5, 5.41) is 14.8. The molecule has 1 aliphatic rings. The van der Waals surface area contributed by atoms with Gasteiger partial charge >= 0.3 is 5.97 Å². The van der Waals surface area contributed by atoms with Crippen LogP contribution in [0.5, 0.6) is 0 Å². The molecule has 3 N–H and O–H groups in total. The molecule has 2 atom stereocenters. The number of hydrogen-bond acceptors (Lipinski definition) is 3. The van der Waals surface area contributed by atoms with Crippen LogP contribution < -0.4 is 10.6 Å². The molecule has 0 aliphatic heterocycles. The van der Waals surface area contributed by atoms with E-state index in [1.54, 1.807) is 39.8 Å². The maximum Gasteiger partial charge on any atom is 0.307 e. The fourth-order valence-corrected chi connectivity index (χ4v) is 3.01. The smallest absolute Gasteiger partial charge is 0.307 e. The molecule has 0 radical (unpaired) electrons. The number of carboxylic acids is 1. The first-order chi connectivity index (χ1) is 11.1. The van der Waals surface area contributed by atoms with E-state index in [9.17, 15) is 14.4 Å². The Balaban J connectivity index is 2.07. The quantitative estimate of drug-likeness (QED) is 0.758. The van der Waals surface area contributed by atoms with Crippen molar-refractivity contribution in [2.75, 3.05) is 10.6 Å². The van der Waals surface area contributed by atoms with Crippen molar-refractivity contribution in [2.45, 2.75) is 27.7 Å². The van der Waals surface area contributed by atoms with Crippen LogP contribution in [0.4, 0.5) is 11.4 Å². The van der Waals surface area contributed by atoms with Gasteiger partial charge in [0.1, 0.15) is 0 Å². The average molecular weight is 353 g/mol. The molecule has 0 heterocycles. The molecule has 130 valence electrons. The fraction of sp³-hybridized carbons (Fsp3) is 0.471. The van der Waals surface area contributed by atoms with Gasteiger partial charge in [-0.3, -0.25) is 14.4 Å². The van der Waals surface area contributed by atoms with Crippen molar-refractivity contribution in [3.05, 3.63) is 23.2 Å². The maximum absolute atomic E-state index is 12.3. The van der Waals surface area contributed by atoms with Crippen molar-refractivity contribution >= 4 is 40.8 Å². The molecule has 7 heteroatoms. The van der Waals surface area contributed by atoms with E-state index in [4.69, 9.17) is 16.7 Å². The standard InChI is InChI=1S/C17H21ClN2O4/c1-8(2)14(21)20-11-6-5-9(7-10(11)18)19-15(22)12-13(16(23)24)17(12,3)4/h5-8,12-13H,1-4H3,(H,19,22)(H,20,21)(H,23,24)/t12-,13+/m0/s1. The normalized spacial score (nSPS) is 21.2. The summed E-state index contributed by atoms with van der Waals surface area (Å²) in [6.45, 7) is 7.06. The molecule has 0 bridgehead atoms. The first-order valence-corrected chi connectivity index (χ1v) is 8.07. The summed E-state index contributed by atoms with van der Waals surface area (Å²) < 4.78 is 0. The van der Waals surface area contributed by atoms with Gasteiger partial charge in [0, 0.05) is 11.6 Å². The van der Waals surface area contributed by atoms with E-state index in [1.807, 2.05) is 0 Å². The number of carbonyl (C=O) groups excluding carboxylic acids is 2. The molecule has 2 amide bonds. The zero-order valence-electron chi connectivity index (χ0n) is 14.0. The number of benzene rings is 1. The molecule has 0 saturated heterocycles. The van der Waals surface area contributed by atoms with Crippen molar-refractivity contribution in [3.63, 3.8) is 0 Å². The molecule has 0 aromatic heterocycles. The molecule has 1 saturated carbocycles. The van der Waals surface area contributed by atoms with E-state index in [0.29, 0.717) is 16.4 Å². The second-order valence-corrected chi connectivity index (χ2v) is 7.35. The Hall–Kier alpha value is -2.08. The Morgan fingerprint density at radius 2 is 1.79 bits per heavy atom. The molecule has 1 aliphatic carbocycles. The minimum Gasteiger partial charge on any atom is -0.481 e. The summed E-state index contributed by atoms with van der Waals surface area (Å²) in [5.74, 6) is -2.90. The molecule has 1 aromatic rings. The molecular weight excluding hydrogens is 332 g/mol. The van der Waals surface area contributed by atoms with Gasteiger partial charge in [-0.05, 0) is 23.6 Å². The largest absolute Gasteiger partial charge is 0.481 e. The van der Waals surface area contributed by atoms with Crippen LogP contribution in [0, 0.1) is 23.2 Å². The highest BCUT2D eigenvalue weighted by Gasteiger charge is 2.65. The molecule has 1 fully saturated rings. The first kappa shape index (κ1) is 18.3. The summed E-state index contributed by atoms with van der Waals surface area (Å²) in [6, 6.07) is 4.75. The van der Waals surface area contributed by atoms with E-state index < -0.39 is 23.2 Å². The summed E-state index contributed by atoms with van der Waals surface area (Å²) in [6.07, 6.45) is 0. The molecule has 24 heavy (non-hydrogen) atoms. The molecule has 1 aromatic carbocycles. The van der Waals surface area contributed by atoms with Crippen molar-refractivity contribution < 1.29 is 19.5 Å². The van der Waals surface area contributed by atoms with Crippen LogP contribution in [0.25, 0.3) is 0 Å². The van der Waals surface area contributed by atoms with Crippen LogP contribution in [0.1, 0.15) is 27.7 Å². The van der Waals surface area contributed by atoms with Gasteiger partial charge in [0.15, 0.2) is 0 Å². The van der Waals surface area contributed by atoms with Crippen molar-refractivity contribution in [3.8, 4) is 0 Å². The summed E-state index contributed by atoms with van der Waals surface area (Å²) in [5.41, 5.74) is 0.355. The lowest BCUT2D eigenvalue weighted by Gasteiger charge is -2.11. The number of carbonyl (C=O) groups is 3. The van der Waals surface area contributed by atoms with Gasteiger partial charge in [-0.1, -0.05) is 39.3 Å². The summed E-state index contributed by atoms with van der Waals surface area (Å²) in [4.78, 5) is 35.1. The Morgan fingerprint density at radius 1 is 1.17 bits per heavy atom. The number of anilines is 2. The zero-order chi connectivity index (χ0) is 18.2. The first-order valence-electron chi connectivity index (χ1n) is 7.69. The molecule has 2 rings (SSSR count). The topological polar surface area (TPSA) is 95.5 Å². The van der Waals surface area contributed by atoms with Gasteiger partial charge in [0.05, 0.1) is 22.5 Å². The maximum atomic E-state index is 12.3. The number of halogens is 1. The zero-order valence-corrected chi connectivity index (χ0v) is 14.8. The van der Waals surface area contributed by atoms with Gasteiger partial charge in [-0.2, -0.15) is 0 Å². The lowest BCUT2D eigenvalue weighted by atomic mass is 10.1. The predicted octanol–water partition coefficient (Wildman–Crippen LogP) is 3.23. The summed E-state index contributed by atoms with van der Waals surface area (Å²) >= 11 is 6.13. The van der Waals surface area contributed by atoms with Gasteiger partial charge in [0.2, 0.25) is 11.8 Å². The van der Waals surface area contributed by atoms with Crippen LogP contribution in [-0.4, -0.2) is 22.9 Å². The van der Waals surface area contributed by atoms with Gasteiger partial charge < -0.3 is 15.7 Å². The van der Waals surface area contributed by atoms with Gasteiger partial charge in [-0.25, -0.2) is 0 Å². The van der Waals surface area contributed by atoms with E-state index in [-0.39, 0.29) is 17.7 Å². The third-order valence-electron chi connectivity index (χ3n) is 4.39. The second-order valence-electron chi connectivity index (χ2n) is 6.94. The Labute approximate surface area is 145 Å². The fourth-order valence-electron chi connectivity index (χ4n) is 2.78. The van der Waals surface area contributed by atoms with E-state index >= 15 is 0 Å². The van der Waals surface area contributed by atoms with E-state index in [1.165, 1.54) is 6.07 Å². The van der Waals surface area contributed by atoms with Crippen molar-refractivity contribution in [1.29, 1.82) is 0 Å². The molecule has 0 spiro atoms. The molecule has 0 unspecified atom stereocenters. The minimum atomic E-state index is -0.968. The highest BCUT2D eigenvalue weighted by Crippen LogP contribution is 2.58. The SMILES string of the molecule is CC(C)C(=O)Nc1ccc(NC(=O)[C@@H]2[C@H](C(=O)O)C2(C)C)cc1Cl. The lowest BCUT2D eigenvalue weighted by Crippen LogP contribution is -2.19. The predicted molar refractivity (Wildman–Crippen MR) is 91.9 cm³/mol. The van der Waals surface area contributed by atoms with Gasteiger partial charge in [0.25, 0.3) is 0 Å². The molecule has 6 nitrogen and oxygen atoms in total. The number of rotatable bonds is 5. The number of amides is 2. The number of aliphatic carboxylic acids is 1. The van der Waals surface area contributed by atoms with E-state index in [2.05, 4.69) is 10.6 Å². The molecular formula is C17H21ClN2O4. The van der Waals surface area contributed by atoms with Crippen LogP contribution in [-0.2, 0) is 14.4 Å². The van der Waals surface area contributed by atoms with Crippen LogP contribution >= 0.6 is 11.6 Å². The average Bonchev–Trinajstić information content (AvgIpc) is 3.04. The Bertz CT molecular complexity index is 700. The summed E-state index contributed by atoms with van der Waals surface area (Å²) in [7, 11) is 0. The highest BCUT2D eigenvalue weighted by molar-refractivity contribution is 6.34. The third-order valence-corrected chi connectivity index (χ3v) is 4.71. The number of carboxylic acid groups (broad SMARTS) is 1. The Morgan fingerprint density at radius 3 is 2.25 bits per heavy atom. The van der Waals surface area contributed by atoms with Crippen molar-refractivity contribution in [1.82, 2.24) is 0 Å².